The number of fused-ring (bicyclic) bond motifs is 1. The Bertz CT molecular complexity index is 611. The van der Waals surface area contributed by atoms with Crippen molar-refractivity contribution in [1.82, 2.24) is 14.9 Å². The summed E-state index contributed by atoms with van der Waals surface area (Å²) in [5.74, 6) is 1.61. The smallest absolute Gasteiger partial charge is 0.145 e. The van der Waals surface area contributed by atoms with E-state index in [4.69, 9.17) is 4.74 Å². The summed E-state index contributed by atoms with van der Waals surface area (Å²) in [6, 6.07) is 6.83. The summed E-state index contributed by atoms with van der Waals surface area (Å²) >= 11 is 0. The largest absolute Gasteiger partial charge is 0.488 e. The molecule has 1 aliphatic carbocycles. The molecule has 1 saturated heterocycles. The third kappa shape index (κ3) is 2.08. The number of aromatic nitrogens is 2. The highest BCUT2D eigenvalue weighted by Gasteiger charge is 2.28. The second kappa shape index (κ2) is 4.77. The molecule has 0 amide bonds. The first kappa shape index (κ1) is 12.2. The van der Waals surface area contributed by atoms with E-state index >= 15 is 0 Å². The van der Waals surface area contributed by atoms with Crippen LogP contribution >= 0.6 is 0 Å². The number of para-hydroxylation sites is 1. The van der Waals surface area contributed by atoms with Crippen LogP contribution in [-0.2, 0) is 0 Å². The summed E-state index contributed by atoms with van der Waals surface area (Å²) in [5, 5.41) is 3.41. The second-order valence-electron chi connectivity index (χ2n) is 6.08. The van der Waals surface area contributed by atoms with Crippen LogP contribution in [0.15, 0.2) is 24.5 Å². The molecule has 106 valence electrons. The number of ether oxygens (including phenoxy) is 1. The molecule has 1 saturated carbocycles. The van der Waals surface area contributed by atoms with Gasteiger partial charge < -0.3 is 14.6 Å². The summed E-state index contributed by atoms with van der Waals surface area (Å²) in [6.45, 7) is 4.37. The minimum atomic E-state index is 0.248. The Balaban J connectivity index is 1.66. The molecular formula is C16H21N3O. The lowest BCUT2D eigenvalue weighted by Crippen LogP contribution is -2.25. The van der Waals surface area contributed by atoms with Gasteiger partial charge in [-0.05, 0) is 44.9 Å². The predicted molar refractivity (Wildman–Crippen MR) is 79.1 cm³/mol. The molecule has 0 spiro atoms. The highest BCUT2D eigenvalue weighted by Crippen LogP contribution is 2.39. The summed E-state index contributed by atoms with van der Waals surface area (Å²) in [5.41, 5.74) is 2.22. The van der Waals surface area contributed by atoms with Crippen LogP contribution in [0.25, 0.3) is 11.0 Å². The first-order valence-corrected chi connectivity index (χ1v) is 7.66. The van der Waals surface area contributed by atoms with Gasteiger partial charge in [0.1, 0.15) is 17.4 Å². The highest BCUT2D eigenvalue weighted by molar-refractivity contribution is 5.82. The lowest BCUT2D eigenvalue weighted by Gasteiger charge is -2.21. The molecule has 4 heteroatoms. The van der Waals surface area contributed by atoms with Gasteiger partial charge in [0.25, 0.3) is 0 Å². The van der Waals surface area contributed by atoms with Crippen molar-refractivity contribution in [2.45, 2.75) is 38.3 Å². The number of rotatable bonds is 4. The van der Waals surface area contributed by atoms with E-state index < -0.39 is 0 Å². The Morgan fingerprint density at radius 1 is 1.35 bits per heavy atom. The van der Waals surface area contributed by atoms with Crippen LogP contribution in [0.1, 0.15) is 32.2 Å². The van der Waals surface area contributed by atoms with Crippen molar-refractivity contribution < 1.29 is 4.74 Å². The van der Waals surface area contributed by atoms with Crippen LogP contribution in [0.5, 0.6) is 5.75 Å². The third-order valence-corrected chi connectivity index (χ3v) is 4.57. The summed E-state index contributed by atoms with van der Waals surface area (Å²) in [4.78, 5) is 4.52. The van der Waals surface area contributed by atoms with Crippen LogP contribution in [0, 0.1) is 5.92 Å². The number of hydrogen-bond donors (Lipinski definition) is 1. The molecule has 0 unspecified atom stereocenters. The van der Waals surface area contributed by atoms with E-state index in [9.17, 15) is 0 Å². The van der Waals surface area contributed by atoms with Gasteiger partial charge in [-0.3, -0.25) is 0 Å². The highest BCUT2D eigenvalue weighted by atomic mass is 16.5. The van der Waals surface area contributed by atoms with Gasteiger partial charge in [-0.15, -0.1) is 0 Å². The fourth-order valence-electron chi connectivity index (χ4n) is 3.16. The van der Waals surface area contributed by atoms with Crippen LogP contribution < -0.4 is 10.1 Å². The molecule has 0 radical (unpaired) electrons. The first-order valence-electron chi connectivity index (χ1n) is 7.66. The number of nitrogens with zero attached hydrogens (tertiary/aromatic N) is 2. The van der Waals surface area contributed by atoms with E-state index in [1.54, 1.807) is 0 Å². The number of imidazole rings is 1. The van der Waals surface area contributed by atoms with Crippen LogP contribution in [-0.4, -0.2) is 28.7 Å². The zero-order valence-electron chi connectivity index (χ0n) is 11.9. The predicted octanol–water partition coefficient (Wildman–Crippen LogP) is 2.75. The lowest BCUT2D eigenvalue weighted by atomic mass is 10.0. The SMILES string of the molecule is C[C@@H](Oc1cccc2ncn(C3CC3)c12)[C@@H]1CCNC1. The van der Waals surface area contributed by atoms with Gasteiger partial charge in [-0.2, -0.15) is 0 Å². The second-order valence-corrected chi connectivity index (χ2v) is 6.08. The molecule has 1 N–H and O–H groups in total. The molecule has 2 fully saturated rings. The maximum Gasteiger partial charge on any atom is 0.145 e. The summed E-state index contributed by atoms with van der Waals surface area (Å²) in [7, 11) is 0. The van der Waals surface area contributed by atoms with Crippen molar-refractivity contribution in [3.05, 3.63) is 24.5 Å². The monoisotopic (exact) mass is 271 g/mol. The van der Waals surface area contributed by atoms with E-state index in [0.29, 0.717) is 12.0 Å². The minimum absolute atomic E-state index is 0.248. The van der Waals surface area contributed by atoms with Crippen molar-refractivity contribution in [3.63, 3.8) is 0 Å². The van der Waals surface area contributed by atoms with Gasteiger partial charge in [0.05, 0.1) is 11.8 Å². The van der Waals surface area contributed by atoms with E-state index in [1.807, 2.05) is 12.4 Å². The Morgan fingerprint density at radius 3 is 3.00 bits per heavy atom. The Labute approximate surface area is 119 Å². The van der Waals surface area contributed by atoms with Crippen molar-refractivity contribution in [2.24, 2.45) is 5.92 Å². The first-order chi connectivity index (χ1) is 9.83. The number of benzene rings is 1. The van der Waals surface area contributed by atoms with Crippen molar-refractivity contribution in [2.75, 3.05) is 13.1 Å². The summed E-state index contributed by atoms with van der Waals surface area (Å²) in [6.07, 6.45) is 5.96. The van der Waals surface area contributed by atoms with Crippen LogP contribution in [0.2, 0.25) is 0 Å². The maximum atomic E-state index is 6.29. The van der Waals surface area contributed by atoms with Crippen molar-refractivity contribution >= 4 is 11.0 Å². The Morgan fingerprint density at radius 2 is 2.25 bits per heavy atom. The van der Waals surface area contributed by atoms with Crippen LogP contribution in [0.3, 0.4) is 0 Å². The van der Waals surface area contributed by atoms with E-state index in [0.717, 1.165) is 24.4 Å². The van der Waals surface area contributed by atoms with Crippen LogP contribution in [0.4, 0.5) is 0 Å². The van der Waals surface area contributed by atoms with Crippen molar-refractivity contribution in [1.29, 1.82) is 0 Å². The van der Waals surface area contributed by atoms with Gasteiger partial charge >= 0.3 is 0 Å². The van der Waals surface area contributed by atoms with Gasteiger partial charge in [-0.25, -0.2) is 4.98 Å². The zero-order valence-corrected chi connectivity index (χ0v) is 11.9. The Hall–Kier alpha value is -1.55. The minimum Gasteiger partial charge on any atom is -0.488 e. The van der Waals surface area contributed by atoms with E-state index in [2.05, 4.69) is 33.9 Å². The van der Waals surface area contributed by atoms with Gasteiger partial charge in [0.15, 0.2) is 0 Å². The molecule has 1 aromatic heterocycles. The molecule has 20 heavy (non-hydrogen) atoms. The average molecular weight is 271 g/mol. The van der Waals surface area contributed by atoms with E-state index in [1.165, 1.54) is 24.8 Å². The molecular weight excluding hydrogens is 250 g/mol. The normalized spacial score (nSPS) is 24.1. The molecule has 2 aromatic rings. The third-order valence-electron chi connectivity index (χ3n) is 4.57. The molecule has 1 aromatic carbocycles. The van der Waals surface area contributed by atoms with Gasteiger partial charge in [0, 0.05) is 18.5 Å². The molecule has 2 heterocycles. The summed E-state index contributed by atoms with van der Waals surface area (Å²) < 4.78 is 8.58. The molecule has 2 atom stereocenters. The quantitative estimate of drug-likeness (QED) is 0.929. The molecule has 1 aliphatic heterocycles. The van der Waals surface area contributed by atoms with Gasteiger partial charge in [-0.1, -0.05) is 6.07 Å². The van der Waals surface area contributed by atoms with E-state index in [-0.39, 0.29) is 6.10 Å². The lowest BCUT2D eigenvalue weighted by molar-refractivity contribution is 0.162. The molecule has 4 nitrogen and oxygen atoms in total. The number of hydrogen-bond acceptors (Lipinski definition) is 3. The van der Waals surface area contributed by atoms with Gasteiger partial charge in [0.2, 0.25) is 0 Å². The zero-order chi connectivity index (χ0) is 13.5. The fraction of sp³-hybridized carbons (Fsp3) is 0.562. The standard InChI is InChI=1S/C16H21N3O/c1-11(12-7-8-17-9-12)20-15-4-2-3-14-16(15)19(10-18-14)13-5-6-13/h2-4,10-13,17H,5-9H2,1H3/t11-,12-/m1/s1. The number of nitrogens with one attached hydrogen (secondary N) is 1. The maximum absolute atomic E-state index is 6.29. The Kier molecular flexibility index (Phi) is 2.91. The van der Waals surface area contributed by atoms with Crippen molar-refractivity contribution in [3.8, 4) is 5.75 Å². The fourth-order valence-corrected chi connectivity index (χ4v) is 3.16. The molecule has 4 rings (SSSR count). The average Bonchev–Trinajstić information content (AvgIpc) is 3.00. The topological polar surface area (TPSA) is 39.1 Å². The molecule has 0 bridgehead atoms. The molecule has 2 aliphatic rings.